The summed E-state index contributed by atoms with van der Waals surface area (Å²) in [4.78, 5) is 7.06. The lowest BCUT2D eigenvalue weighted by Crippen LogP contribution is -2.39. The zero-order valence-electron chi connectivity index (χ0n) is 14.0. The third-order valence-corrected chi connectivity index (χ3v) is 4.10. The maximum absolute atomic E-state index is 12.9. The lowest BCUT2D eigenvalue weighted by molar-refractivity contribution is 0.317. The Balaban J connectivity index is 0.00000264. The van der Waals surface area contributed by atoms with Crippen molar-refractivity contribution in [3.63, 3.8) is 0 Å². The first-order valence-electron chi connectivity index (χ1n) is 8.16. The van der Waals surface area contributed by atoms with Gasteiger partial charge in [-0.3, -0.25) is 4.99 Å². The number of benzene rings is 1. The van der Waals surface area contributed by atoms with Gasteiger partial charge in [-0.2, -0.15) is 0 Å². The third kappa shape index (κ3) is 7.03. The molecule has 1 fully saturated rings. The van der Waals surface area contributed by atoms with Gasteiger partial charge in [0.1, 0.15) is 5.82 Å². The molecule has 6 heteroatoms. The van der Waals surface area contributed by atoms with Crippen LogP contribution in [0.15, 0.2) is 29.3 Å². The van der Waals surface area contributed by atoms with Gasteiger partial charge in [-0.15, -0.1) is 24.0 Å². The monoisotopic (exact) mass is 434 g/mol. The van der Waals surface area contributed by atoms with Crippen LogP contribution >= 0.6 is 24.0 Å². The smallest absolute Gasteiger partial charge is 0.191 e. The van der Waals surface area contributed by atoms with Crippen molar-refractivity contribution in [3.8, 4) is 0 Å². The number of likely N-dealkylation sites (N-methyl/N-ethyl adjacent to an activating group) is 1. The van der Waals surface area contributed by atoms with Crippen molar-refractivity contribution < 1.29 is 4.39 Å². The standard InChI is InChI=1S/C17H27FN4.HI/c1-3-19-17(21-13-16-5-4-12-22(16)2)20-11-10-14-6-8-15(18)9-7-14;/h6-9,16H,3-5,10-13H2,1-2H3,(H2,19,20,21);1H. The summed E-state index contributed by atoms with van der Waals surface area (Å²) in [5.74, 6) is 0.678. The van der Waals surface area contributed by atoms with E-state index in [1.165, 1.54) is 31.5 Å². The maximum atomic E-state index is 12.9. The number of hydrogen-bond donors (Lipinski definition) is 2. The molecule has 0 radical (unpaired) electrons. The Morgan fingerprint density at radius 2 is 2.04 bits per heavy atom. The largest absolute Gasteiger partial charge is 0.357 e. The molecule has 130 valence electrons. The molecular formula is C17H28FIN4. The van der Waals surface area contributed by atoms with E-state index in [4.69, 9.17) is 0 Å². The number of rotatable bonds is 6. The van der Waals surface area contributed by atoms with Gasteiger partial charge in [0.2, 0.25) is 0 Å². The number of nitrogens with one attached hydrogen (secondary N) is 2. The van der Waals surface area contributed by atoms with Gasteiger partial charge in [-0.1, -0.05) is 12.1 Å². The van der Waals surface area contributed by atoms with E-state index in [-0.39, 0.29) is 29.8 Å². The number of guanidine groups is 1. The molecule has 23 heavy (non-hydrogen) atoms. The summed E-state index contributed by atoms with van der Waals surface area (Å²) in [5, 5.41) is 6.63. The lowest BCUT2D eigenvalue weighted by atomic mass is 10.1. The summed E-state index contributed by atoms with van der Waals surface area (Å²) in [5.41, 5.74) is 1.13. The van der Waals surface area contributed by atoms with Crippen LogP contribution in [0.3, 0.4) is 0 Å². The summed E-state index contributed by atoms with van der Waals surface area (Å²) < 4.78 is 12.9. The van der Waals surface area contributed by atoms with Gasteiger partial charge in [0.15, 0.2) is 5.96 Å². The number of nitrogens with zero attached hydrogens (tertiary/aromatic N) is 2. The van der Waals surface area contributed by atoms with Crippen LogP contribution in [0, 0.1) is 5.82 Å². The Morgan fingerprint density at radius 1 is 1.30 bits per heavy atom. The van der Waals surface area contributed by atoms with Gasteiger partial charge in [-0.05, 0) is 57.5 Å². The molecule has 1 aromatic rings. The predicted octanol–water partition coefficient (Wildman–Crippen LogP) is 2.64. The molecule has 1 aliphatic rings. The van der Waals surface area contributed by atoms with Gasteiger partial charge in [0.25, 0.3) is 0 Å². The lowest BCUT2D eigenvalue weighted by Gasteiger charge is -2.18. The number of likely N-dealkylation sites (tertiary alicyclic amines) is 1. The zero-order valence-corrected chi connectivity index (χ0v) is 16.3. The van der Waals surface area contributed by atoms with Crippen molar-refractivity contribution in [3.05, 3.63) is 35.6 Å². The first-order chi connectivity index (χ1) is 10.7. The van der Waals surface area contributed by atoms with Crippen LogP contribution < -0.4 is 10.6 Å². The molecule has 0 amide bonds. The fourth-order valence-electron chi connectivity index (χ4n) is 2.72. The molecular weight excluding hydrogens is 406 g/mol. The summed E-state index contributed by atoms with van der Waals surface area (Å²) in [6, 6.07) is 7.23. The topological polar surface area (TPSA) is 39.7 Å². The van der Waals surface area contributed by atoms with Crippen molar-refractivity contribution in [1.82, 2.24) is 15.5 Å². The van der Waals surface area contributed by atoms with Gasteiger partial charge in [-0.25, -0.2) is 4.39 Å². The molecule has 0 saturated carbocycles. The minimum Gasteiger partial charge on any atom is -0.357 e. The highest BCUT2D eigenvalue weighted by molar-refractivity contribution is 14.0. The highest BCUT2D eigenvalue weighted by Crippen LogP contribution is 2.14. The second kappa shape index (κ2) is 10.8. The number of hydrogen-bond acceptors (Lipinski definition) is 2. The van der Waals surface area contributed by atoms with Gasteiger partial charge < -0.3 is 15.5 Å². The van der Waals surface area contributed by atoms with Crippen LogP contribution in [0.4, 0.5) is 4.39 Å². The molecule has 1 unspecified atom stereocenters. The molecule has 1 aliphatic heterocycles. The Morgan fingerprint density at radius 3 is 2.65 bits per heavy atom. The van der Waals surface area contributed by atoms with E-state index >= 15 is 0 Å². The van der Waals surface area contributed by atoms with Crippen LogP contribution in [-0.4, -0.2) is 50.1 Å². The maximum Gasteiger partial charge on any atom is 0.191 e. The van der Waals surface area contributed by atoms with E-state index in [0.717, 1.165) is 37.6 Å². The molecule has 1 heterocycles. The average Bonchev–Trinajstić information content (AvgIpc) is 2.92. The van der Waals surface area contributed by atoms with E-state index in [2.05, 4.69) is 34.5 Å². The summed E-state index contributed by atoms with van der Waals surface area (Å²) >= 11 is 0. The van der Waals surface area contributed by atoms with Crippen LogP contribution in [0.25, 0.3) is 0 Å². The molecule has 1 aromatic carbocycles. The van der Waals surface area contributed by atoms with Crippen LogP contribution in [0.2, 0.25) is 0 Å². The van der Waals surface area contributed by atoms with Crippen LogP contribution in [0.1, 0.15) is 25.3 Å². The van der Waals surface area contributed by atoms with Crippen LogP contribution in [0.5, 0.6) is 0 Å². The third-order valence-electron chi connectivity index (χ3n) is 4.10. The summed E-state index contributed by atoms with van der Waals surface area (Å²) in [6.45, 7) is 5.72. The minimum atomic E-state index is -0.188. The quantitative estimate of drug-likeness (QED) is 0.411. The van der Waals surface area contributed by atoms with Crippen LogP contribution in [-0.2, 0) is 6.42 Å². The van der Waals surface area contributed by atoms with Crippen molar-refractivity contribution in [1.29, 1.82) is 0 Å². The normalized spacial score (nSPS) is 18.6. The summed E-state index contributed by atoms with van der Waals surface area (Å²) in [7, 11) is 2.17. The Labute approximate surface area is 156 Å². The van der Waals surface area contributed by atoms with Gasteiger partial charge in [0, 0.05) is 19.1 Å². The minimum absolute atomic E-state index is 0. The molecule has 2 N–H and O–H groups in total. The predicted molar refractivity (Wildman–Crippen MR) is 105 cm³/mol. The van der Waals surface area contributed by atoms with E-state index < -0.39 is 0 Å². The molecule has 2 rings (SSSR count). The highest BCUT2D eigenvalue weighted by Gasteiger charge is 2.20. The van der Waals surface area contributed by atoms with E-state index in [1.54, 1.807) is 0 Å². The van der Waals surface area contributed by atoms with Crippen molar-refractivity contribution in [2.75, 3.05) is 33.2 Å². The van der Waals surface area contributed by atoms with Crippen molar-refractivity contribution in [2.24, 2.45) is 4.99 Å². The molecule has 0 aromatic heterocycles. The van der Waals surface area contributed by atoms with E-state index in [9.17, 15) is 4.39 Å². The van der Waals surface area contributed by atoms with E-state index in [1.807, 2.05) is 12.1 Å². The zero-order chi connectivity index (χ0) is 15.8. The highest BCUT2D eigenvalue weighted by atomic mass is 127. The number of halogens is 2. The number of aliphatic imine (C=N–C) groups is 1. The molecule has 0 aliphatic carbocycles. The molecule has 0 bridgehead atoms. The SMILES string of the molecule is CCNC(=NCC1CCCN1C)NCCc1ccc(F)cc1.I. The Bertz CT molecular complexity index is 478. The molecule has 1 saturated heterocycles. The van der Waals surface area contributed by atoms with Gasteiger partial charge >= 0.3 is 0 Å². The average molecular weight is 434 g/mol. The fourth-order valence-corrected chi connectivity index (χ4v) is 2.72. The second-order valence-electron chi connectivity index (χ2n) is 5.80. The molecule has 4 nitrogen and oxygen atoms in total. The molecule has 0 spiro atoms. The molecule has 1 atom stereocenters. The van der Waals surface area contributed by atoms with Gasteiger partial charge in [0.05, 0.1) is 6.54 Å². The Kier molecular flexibility index (Phi) is 9.47. The van der Waals surface area contributed by atoms with Crippen molar-refractivity contribution in [2.45, 2.75) is 32.2 Å². The first-order valence-corrected chi connectivity index (χ1v) is 8.16. The second-order valence-corrected chi connectivity index (χ2v) is 5.80. The van der Waals surface area contributed by atoms with E-state index in [0.29, 0.717) is 6.04 Å². The first kappa shape index (κ1) is 20.2. The Hall–Kier alpha value is -0.890. The van der Waals surface area contributed by atoms with Crippen molar-refractivity contribution >= 4 is 29.9 Å². The summed E-state index contributed by atoms with van der Waals surface area (Å²) in [6.07, 6.45) is 3.36. The fraction of sp³-hybridized carbons (Fsp3) is 0.588.